The summed E-state index contributed by atoms with van der Waals surface area (Å²) in [7, 11) is 0. The molecule has 0 radical (unpaired) electrons. The maximum absolute atomic E-state index is 11.8. The lowest BCUT2D eigenvalue weighted by atomic mass is 10.2. The maximum Gasteiger partial charge on any atom is 0.227 e. The molecule has 0 heterocycles. The Labute approximate surface area is 128 Å². The van der Waals surface area contributed by atoms with Gasteiger partial charge in [0.15, 0.2) is 0 Å². The summed E-state index contributed by atoms with van der Waals surface area (Å²) in [6.07, 6.45) is 2.30. The molecule has 0 spiro atoms. The highest BCUT2D eigenvalue weighted by Crippen LogP contribution is 2.19. The molecule has 0 bridgehead atoms. The largest absolute Gasteiger partial charge is 0.493 e. The summed E-state index contributed by atoms with van der Waals surface area (Å²) in [6.45, 7) is 0.331. The van der Waals surface area contributed by atoms with Crippen LogP contribution in [0, 0.1) is 0 Å². The second-order valence-corrected chi connectivity index (χ2v) is 5.29. The summed E-state index contributed by atoms with van der Waals surface area (Å²) in [6, 6.07) is 15.0. The average Bonchev–Trinajstić information content (AvgIpc) is 2.50. The summed E-state index contributed by atoms with van der Waals surface area (Å²) in [5.41, 5.74) is 6.95. The van der Waals surface area contributed by atoms with Crippen molar-refractivity contribution in [3.8, 4) is 5.75 Å². The summed E-state index contributed by atoms with van der Waals surface area (Å²) in [5.74, 6) is 0.647. The number of carbonyl (C=O) groups is 1. The van der Waals surface area contributed by atoms with E-state index in [9.17, 15) is 4.79 Å². The van der Waals surface area contributed by atoms with E-state index in [4.69, 9.17) is 10.5 Å². The normalized spacial score (nSPS) is 10.1. The quantitative estimate of drug-likeness (QED) is 0.634. The minimum absolute atomic E-state index is 0.117. The second kappa shape index (κ2) is 7.59. The highest BCUT2D eigenvalue weighted by molar-refractivity contribution is 7.98. The van der Waals surface area contributed by atoms with Crippen LogP contribution in [0.2, 0.25) is 0 Å². The van der Waals surface area contributed by atoms with Gasteiger partial charge in [0.1, 0.15) is 5.75 Å². The van der Waals surface area contributed by atoms with Gasteiger partial charge in [0, 0.05) is 4.90 Å². The van der Waals surface area contributed by atoms with E-state index < -0.39 is 0 Å². The van der Waals surface area contributed by atoms with Crippen molar-refractivity contribution < 1.29 is 9.53 Å². The molecule has 3 N–H and O–H groups in total. The lowest BCUT2D eigenvalue weighted by Crippen LogP contribution is -2.16. The number of nitrogens with one attached hydrogen (secondary N) is 1. The molecule has 0 saturated carbocycles. The van der Waals surface area contributed by atoms with Crippen molar-refractivity contribution in [2.75, 3.05) is 23.9 Å². The zero-order valence-electron chi connectivity index (χ0n) is 11.8. The van der Waals surface area contributed by atoms with Crippen LogP contribution in [-0.2, 0) is 4.79 Å². The molecule has 2 aromatic carbocycles. The van der Waals surface area contributed by atoms with Crippen molar-refractivity contribution in [3.05, 3.63) is 48.5 Å². The van der Waals surface area contributed by atoms with Gasteiger partial charge in [-0.15, -0.1) is 11.8 Å². The Balaban J connectivity index is 1.77. The SMILES string of the molecule is CSc1ccc(OCCC(=O)Nc2ccccc2N)cc1. The molecule has 0 saturated heterocycles. The number of nitrogen functional groups attached to an aromatic ring is 1. The van der Waals surface area contributed by atoms with E-state index >= 15 is 0 Å². The van der Waals surface area contributed by atoms with Crippen molar-refractivity contribution >= 4 is 29.0 Å². The Kier molecular flexibility index (Phi) is 5.51. The minimum atomic E-state index is -0.117. The van der Waals surface area contributed by atoms with Crippen molar-refractivity contribution in [2.24, 2.45) is 0 Å². The molecule has 0 atom stereocenters. The molecular formula is C16H18N2O2S. The van der Waals surface area contributed by atoms with Gasteiger partial charge in [-0.1, -0.05) is 12.1 Å². The lowest BCUT2D eigenvalue weighted by molar-refractivity contribution is -0.116. The summed E-state index contributed by atoms with van der Waals surface area (Å²) in [5, 5.41) is 2.77. The predicted octanol–water partition coefficient (Wildman–Crippen LogP) is 3.40. The number of hydrogen-bond donors (Lipinski definition) is 2. The van der Waals surface area contributed by atoms with E-state index in [1.165, 1.54) is 4.90 Å². The van der Waals surface area contributed by atoms with Crippen LogP contribution in [0.15, 0.2) is 53.4 Å². The van der Waals surface area contributed by atoms with Crippen LogP contribution in [0.3, 0.4) is 0 Å². The van der Waals surface area contributed by atoms with Gasteiger partial charge in [-0.25, -0.2) is 0 Å². The first kappa shape index (κ1) is 15.3. The van der Waals surface area contributed by atoms with Gasteiger partial charge in [0.25, 0.3) is 0 Å². The van der Waals surface area contributed by atoms with Gasteiger partial charge in [-0.2, -0.15) is 0 Å². The average molecular weight is 302 g/mol. The number of hydrogen-bond acceptors (Lipinski definition) is 4. The number of ether oxygens (including phenoxy) is 1. The molecule has 1 amide bonds. The molecule has 0 unspecified atom stereocenters. The molecule has 0 aliphatic heterocycles. The molecule has 0 fully saturated rings. The standard InChI is InChI=1S/C16H18N2O2S/c1-21-13-8-6-12(7-9-13)20-11-10-16(19)18-15-5-3-2-4-14(15)17/h2-9H,10-11,17H2,1H3,(H,18,19). The highest BCUT2D eigenvalue weighted by Gasteiger charge is 2.05. The van der Waals surface area contributed by atoms with Crippen LogP contribution in [0.5, 0.6) is 5.75 Å². The molecule has 21 heavy (non-hydrogen) atoms. The zero-order chi connectivity index (χ0) is 15.1. The van der Waals surface area contributed by atoms with Crippen LogP contribution in [-0.4, -0.2) is 18.8 Å². The summed E-state index contributed by atoms with van der Waals surface area (Å²) < 4.78 is 5.54. The highest BCUT2D eigenvalue weighted by atomic mass is 32.2. The third-order valence-electron chi connectivity index (χ3n) is 2.89. The van der Waals surface area contributed by atoms with E-state index in [-0.39, 0.29) is 12.3 Å². The fourth-order valence-corrected chi connectivity index (χ4v) is 2.17. The van der Waals surface area contributed by atoms with Crippen molar-refractivity contribution in [1.29, 1.82) is 0 Å². The molecule has 2 rings (SSSR count). The number of anilines is 2. The van der Waals surface area contributed by atoms with Gasteiger partial charge >= 0.3 is 0 Å². The van der Waals surface area contributed by atoms with E-state index in [2.05, 4.69) is 5.32 Å². The first-order chi connectivity index (χ1) is 10.2. The summed E-state index contributed by atoms with van der Waals surface area (Å²) >= 11 is 1.68. The topological polar surface area (TPSA) is 64.3 Å². The van der Waals surface area contributed by atoms with Crippen LogP contribution >= 0.6 is 11.8 Å². The smallest absolute Gasteiger partial charge is 0.227 e. The second-order valence-electron chi connectivity index (χ2n) is 4.41. The van der Waals surface area contributed by atoms with Crippen molar-refractivity contribution in [3.63, 3.8) is 0 Å². The van der Waals surface area contributed by atoms with Crippen LogP contribution in [0.1, 0.15) is 6.42 Å². The molecule has 110 valence electrons. The number of nitrogens with two attached hydrogens (primary N) is 1. The minimum Gasteiger partial charge on any atom is -0.493 e. The van der Waals surface area contributed by atoms with Crippen LogP contribution in [0.4, 0.5) is 11.4 Å². The number of rotatable bonds is 6. The Hall–Kier alpha value is -2.14. The maximum atomic E-state index is 11.8. The number of benzene rings is 2. The third kappa shape index (κ3) is 4.72. The molecule has 5 heteroatoms. The van der Waals surface area contributed by atoms with E-state index in [1.54, 1.807) is 23.9 Å². The zero-order valence-corrected chi connectivity index (χ0v) is 12.7. The van der Waals surface area contributed by atoms with Gasteiger partial charge < -0.3 is 15.8 Å². The fraction of sp³-hybridized carbons (Fsp3) is 0.188. The Morgan fingerprint density at radius 2 is 1.90 bits per heavy atom. The molecule has 0 aliphatic rings. The first-order valence-corrected chi connectivity index (χ1v) is 7.82. The number of amides is 1. The van der Waals surface area contributed by atoms with Gasteiger partial charge in [0.05, 0.1) is 24.4 Å². The van der Waals surface area contributed by atoms with Gasteiger partial charge in [-0.3, -0.25) is 4.79 Å². The van der Waals surface area contributed by atoms with Crippen molar-refractivity contribution in [2.45, 2.75) is 11.3 Å². The van der Waals surface area contributed by atoms with Gasteiger partial charge in [-0.05, 0) is 42.7 Å². The van der Waals surface area contributed by atoms with E-state index in [0.717, 1.165) is 5.75 Å². The lowest BCUT2D eigenvalue weighted by Gasteiger charge is -2.09. The third-order valence-corrected chi connectivity index (χ3v) is 3.64. The van der Waals surface area contributed by atoms with Crippen LogP contribution < -0.4 is 15.8 Å². The molecule has 0 aliphatic carbocycles. The summed E-state index contributed by atoms with van der Waals surface area (Å²) in [4.78, 5) is 13.0. The molecule has 4 nitrogen and oxygen atoms in total. The van der Waals surface area contributed by atoms with Crippen molar-refractivity contribution in [1.82, 2.24) is 0 Å². The number of para-hydroxylation sites is 2. The predicted molar refractivity (Wildman–Crippen MR) is 87.8 cm³/mol. The number of thioether (sulfide) groups is 1. The van der Waals surface area contributed by atoms with E-state index in [0.29, 0.717) is 18.0 Å². The molecule has 2 aromatic rings. The van der Waals surface area contributed by atoms with Crippen LogP contribution in [0.25, 0.3) is 0 Å². The first-order valence-electron chi connectivity index (χ1n) is 6.60. The van der Waals surface area contributed by atoms with Gasteiger partial charge in [0.2, 0.25) is 5.91 Å². The fourth-order valence-electron chi connectivity index (χ4n) is 1.76. The Morgan fingerprint density at radius 1 is 1.19 bits per heavy atom. The molecular weight excluding hydrogens is 284 g/mol. The monoisotopic (exact) mass is 302 g/mol. The van der Waals surface area contributed by atoms with E-state index in [1.807, 2.05) is 42.7 Å². The number of carbonyl (C=O) groups excluding carboxylic acids is 1. The Morgan fingerprint density at radius 3 is 2.57 bits per heavy atom. The Bertz CT molecular complexity index is 599. The molecule has 0 aromatic heterocycles.